The van der Waals surface area contributed by atoms with E-state index in [1.54, 1.807) is 30.3 Å². The first-order valence-corrected chi connectivity index (χ1v) is 4.80. The summed E-state index contributed by atoms with van der Waals surface area (Å²) in [5.74, 6) is -0.871. The summed E-state index contributed by atoms with van der Waals surface area (Å²) in [6.45, 7) is 0. The second-order valence-electron chi connectivity index (χ2n) is 2.53. The van der Waals surface area contributed by atoms with E-state index in [-0.39, 0.29) is 0 Å². The molecule has 6 heteroatoms. The molecule has 0 bridgehead atoms. The van der Waals surface area contributed by atoms with Crippen LogP contribution >= 0.6 is 0 Å². The quantitative estimate of drug-likeness (QED) is 0.762. The normalized spacial score (nSPS) is 11.8. The SMILES string of the molecule is NC(C(=O)N=S(=O)=O)c1ccccc1. The molecule has 1 aromatic carbocycles. The van der Waals surface area contributed by atoms with Crippen molar-refractivity contribution in [3.05, 3.63) is 35.9 Å². The van der Waals surface area contributed by atoms with Crippen molar-refractivity contribution in [3.8, 4) is 0 Å². The van der Waals surface area contributed by atoms with E-state index in [1.165, 1.54) is 0 Å². The van der Waals surface area contributed by atoms with Gasteiger partial charge < -0.3 is 5.73 Å². The van der Waals surface area contributed by atoms with E-state index in [1.807, 2.05) is 0 Å². The second-order valence-corrected chi connectivity index (χ2v) is 3.15. The van der Waals surface area contributed by atoms with E-state index in [0.29, 0.717) is 5.56 Å². The zero-order chi connectivity index (χ0) is 10.6. The van der Waals surface area contributed by atoms with Crippen LogP contribution in [0.2, 0.25) is 0 Å². The minimum atomic E-state index is -2.74. The van der Waals surface area contributed by atoms with Crippen LogP contribution in [0.4, 0.5) is 0 Å². The minimum Gasteiger partial charge on any atom is -0.316 e. The van der Waals surface area contributed by atoms with E-state index in [2.05, 4.69) is 4.36 Å². The first-order valence-electron chi connectivity index (χ1n) is 3.77. The monoisotopic (exact) mass is 212 g/mol. The Morgan fingerprint density at radius 2 is 1.86 bits per heavy atom. The van der Waals surface area contributed by atoms with Crippen LogP contribution in [0.3, 0.4) is 0 Å². The molecule has 1 amide bonds. The van der Waals surface area contributed by atoms with E-state index in [4.69, 9.17) is 5.73 Å². The van der Waals surface area contributed by atoms with Gasteiger partial charge in [-0.2, -0.15) is 8.42 Å². The lowest BCUT2D eigenvalue weighted by Crippen LogP contribution is -2.19. The summed E-state index contributed by atoms with van der Waals surface area (Å²) < 4.78 is 23.0. The van der Waals surface area contributed by atoms with Crippen molar-refractivity contribution in [1.82, 2.24) is 0 Å². The fourth-order valence-corrected chi connectivity index (χ4v) is 1.19. The van der Waals surface area contributed by atoms with Gasteiger partial charge in [0.05, 0.1) is 0 Å². The third-order valence-corrected chi connectivity index (χ3v) is 1.92. The Kier molecular flexibility index (Phi) is 3.49. The van der Waals surface area contributed by atoms with Crippen LogP contribution in [0.5, 0.6) is 0 Å². The molecular formula is C8H8N2O3S. The lowest BCUT2D eigenvalue weighted by atomic mass is 10.1. The first-order chi connectivity index (χ1) is 6.61. The van der Waals surface area contributed by atoms with Crippen molar-refractivity contribution in [3.63, 3.8) is 0 Å². The maximum atomic E-state index is 11.1. The Hall–Kier alpha value is -1.53. The van der Waals surface area contributed by atoms with E-state index < -0.39 is 22.4 Å². The molecule has 1 rings (SSSR count). The van der Waals surface area contributed by atoms with Crippen LogP contribution in [0.1, 0.15) is 11.6 Å². The number of carbonyl (C=O) groups is 1. The van der Waals surface area contributed by atoms with E-state index in [9.17, 15) is 13.2 Å². The third kappa shape index (κ3) is 2.75. The Morgan fingerprint density at radius 1 is 1.29 bits per heavy atom. The maximum absolute atomic E-state index is 11.1. The summed E-state index contributed by atoms with van der Waals surface area (Å²) in [5, 5.41) is 0. The number of carbonyl (C=O) groups excluding carboxylic acids is 1. The fourth-order valence-electron chi connectivity index (χ4n) is 0.933. The number of benzene rings is 1. The molecule has 1 unspecified atom stereocenters. The summed E-state index contributed by atoms with van der Waals surface area (Å²) in [4.78, 5) is 11.1. The molecule has 0 saturated carbocycles. The molecule has 5 nitrogen and oxygen atoms in total. The van der Waals surface area contributed by atoms with Gasteiger partial charge in [-0.05, 0) is 5.56 Å². The maximum Gasteiger partial charge on any atom is 0.319 e. The van der Waals surface area contributed by atoms with Gasteiger partial charge >= 0.3 is 10.5 Å². The van der Waals surface area contributed by atoms with Crippen LogP contribution in [0.15, 0.2) is 34.7 Å². The van der Waals surface area contributed by atoms with E-state index in [0.717, 1.165) is 0 Å². The lowest BCUT2D eigenvalue weighted by Gasteiger charge is -2.04. The molecule has 0 saturated heterocycles. The third-order valence-electron chi connectivity index (χ3n) is 1.59. The van der Waals surface area contributed by atoms with E-state index >= 15 is 0 Å². The molecule has 0 fully saturated rings. The number of nitrogens with two attached hydrogens (primary N) is 1. The van der Waals surface area contributed by atoms with Gasteiger partial charge in [0.15, 0.2) is 0 Å². The molecule has 74 valence electrons. The van der Waals surface area contributed by atoms with Gasteiger partial charge in [-0.3, -0.25) is 4.79 Å². The van der Waals surface area contributed by atoms with Crippen LogP contribution < -0.4 is 5.73 Å². The Labute approximate surface area is 82.3 Å². The van der Waals surface area contributed by atoms with Gasteiger partial charge in [0.25, 0.3) is 5.91 Å². The topological polar surface area (TPSA) is 89.6 Å². The molecule has 1 aromatic rings. The molecule has 0 heterocycles. The second kappa shape index (κ2) is 4.64. The number of nitrogens with zero attached hydrogens (tertiary/aromatic N) is 1. The summed E-state index contributed by atoms with van der Waals surface area (Å²) in [5.41, 5.74) is 6.00. The highest BCUT2D eigenvalue weighted by molar-refractivity contribution is 7.62. The number of amides is 1. The standard InChI is InChI=1S/C8H8N2O3S/c9-7(8(11)10-14(12)13)6-4-2-1-3-5-6/h1-5,7H,9H2. The predicted octanol–water partition coefficient (Wildman–Crippen LogP) is 0.276. The molecule has 0 radical (unpaired) electrons. The molecule has 1 atom stereocenters. The van der Waals surface area contributed by atoms with Crippen molar-refractivity contribution < 1.29 is 13.2 Å². The molecule has 0 spiro atoms. The average molecular weight is 212 g/mol. The largest absolute Gasteiger partial charge is 0.319 e. The highest BCUT2D eigenvalue weighted by Crippen LogP contribution is 2.10. The van der Waals surface area contributed by atoms with Crippen molar-refractivity contribution >= 4 is 16.4 Å². The predicted molar refractivity (Wildman–Crippen MR) is 49.7 cm³/mol. The summed E-state index contributed by atoms with van der Waals surface area (Å²) >= 11 is 0. The molecule has 0 aliphatic rings. The van der Waals surface area contributed by atoms with Crippen LogP contribution in [-0.4, -0.2) is 14.3 Å². The molecule has 0 aliphatic heterocycles. The van der Waals surface area contributed by atoms with Gasteiger partial charge in [0.2, 0.25) is 0 Å². The van der Waals surface area contributed by atoms with Gasteiger partial charge in [-0.25, -0.2) is 0 Å². The molecule has 0 aliphatic carbocycles. The summed E-state index contributed by atoms with van der Waals surface area (Å²) in [6, 6.07) is 7.42. The minimum absolute atomic E-state index is 0.534. The summed E-state index contributed by atoms with van der Waals surface area (Å²) in [7, 11) is -2.74. The molecular weight excluding hydrogens is 204 g/mol. The lowest BCUT2D eigenvalue weighted by molar-refractivity contribution is -0.118. The van der Waals surface area contributed by atoms with Crippen molar-refractivity contribution in [2.45, 2.75) is 6.04 Å². The van der Waals surface area contributed by atoms with Crippen LogP contribution in [0, 0.1) is 0 Å². The summed E-state index contributed by atoms with van der Waals surface area (Å²) in [6.07, 6.45) is 0. The van der Waals surface area contributed by atoms with Gasteiger partial charge in [0.1, 0.15) is 6.04 Å². The molecule has 2 N–H and O–H groups in total. The van der Waals surface area contributed by atoms with Gasteiger partial charge in [-0.15, -0.1) is 0 Å². The number of hydrogen-bond acceptors (Lipinski definition) is 4. The Bertz CT molecular complexity index is 445. The molecule has 14 heavy (non-hydrogen) atoms. The van der Waals surface area contributed by atoms with Crippen LogP contribution in [0.25, 0.3) is 0 Å². The Balaban J connectivity index is 2.92. The smallest absolute Gasteiger partial charge is 0.316 e. The fraction of sp³-hybridized carbons (Fsp3) is 0.125. The highest BCUT2D eigenvalue weighted by Gasteiger charge is 2.14. The first kappa shape index (κ1) is 10.6. The Morgan fingerprint density at radius 3 is 2.36 bits per heavy atom. The average Bonchev–Trinajstić information content (AvgIpc) is 2.17. The number of rotatable bonds is 2. The highest BCUT2D eigenvalue weighted by atomic mass is 32.2. The molecule has 0 aromatic heterocycles. The van der Waals surface area contributed by atoms with Crippen LogP contribution in [-0.2, 0) is 15.3 Å². The zero-order valence-corrected chi connectivity index (χ0v) is 7.94. The van der Waals surface area contributed by atoms with Crippen molar-refractivity contribution in [2.24, 2.45) is 10.1 Å². The van der Waals surface area contributed by atoms with Gasteiger partial charge in [0, 0.05) is 0 Å². The zero-order valence-electron chi connectivity index (χ0n) is 7.12. The van der Waals surface area contributed by atoms with Crippen molar-refractivity contribution in [1.29, 1.82) is 0 Å². The number of hydrogen-bond donors (Lipinski definition) is 1. The van der Waals surface area contributed by atoms with Gasteiger partial charge in [-0.1, -0.05) is 34.7 Å². The van der Waals surface area contributed by atoms with Crippen molar-refractivity contribution in [2.75, 3.05) is 0 Å².